The zero-order chi connectivity index (χ0) is 14.9. The number of hydrogen-bond donors (Lipinski definition) is 1. The van der Waals surface area contributed by atoms with E-state index in [1.807, 2.05) is 23.2 Å². The molecule has 2 aromatic rings. The van der Waals surface area contributed by atoms with Gasteiger partial charge in [-0.1, -0.05) is 0 Å². The maximum absolute atomic E-state index is 5.91. The average Bonchev–Trinajstić information content (AvgIpc) is 2.90. The normalized spacial score (nSPS) is 13.2. The predicted octanol–water partition coefficient (Wildman–Crippen LogP) is 1.61. The third kappa shape index (κ3) is 2.90. The van der Waals surface area contributed by atoms with Crippen LogP contribution in [0.15, 0.2) is 6.33 Å². The zero-order valence-electron chi connectivity index (χ0n) is 13.0. The van der Waals surface area contributed by atoms with E-state index in [-0.39, 0.29) is 6.04 Å². The fraction of sp³-hybridized carbons (Fsp3) is 0.643. The van der Waals surface area contributed by atoms with Gasteiger partial charge in [-0.2, -0.15) is 10.2 Å². The standard InChI is InChI=1S/C14H24N6/c1-9(2)20-14(16-8-17-20)7-19-12(5)13(6-10(3)15)11(4)18-19/h8-10H,6-7,15H2,1-5H3. The second-order valence-corrected chi connectivity index (χ2v) is 5.70. The van der Waals surface area contributed by atoms with Crippen molar-refractivity contribution < 1.29 is 0 Å². The fourth-order valence-electron chi connectivity index (χ4n) is 2.46. The van der Waals surface area contributed by atoms with Gasteiger partial charge in [-0.15, -0.1) is 0 Å². The van der Waals surface area contributed by atoms with Crippen LogP contribution in [0.25, 0.3) is 0 Å². The van der Waals surface area contributed by atoms with Gasteiger partial charge in [0.1, 0.15) is 18.7 Å². The van der Waals surface area contributed by atoms with E-state index in [1.165, 1.54) is 5.56 Å². The minimum Gasteiger partial charge on any atom is -0.328 e. The summed E-state index contributed by atoms with van der Waals surface area (Å²) in [6.45, 7) is 11.0. The minimum atomic E-state index is 0.143. The molecule has 110 valence electrons. The summed E-state index contributed by atoms with van der Waals surface area (Å²) in [5.74, 6) is 0.929. The summed E-state index contributed by atoms with van der Waals surface area (Å²) in [7, 11) is 0. The molecule has 0 spiro atoms. The maximum atomic E-state index is 5.91. The van der Waals surface area contributed by atoms with Gasteiger partial charge in [0.25, 0.3) is 0 Å². The highest BCUT2D eigenvalue weighted by atomic mass is 15.4. The van der Waals surface area contributed by atoms with Gasteiger partial charge in [0.15, 0.2) is 0 Å². The van der Waals surface area contributed by atoms with Crippen LogP contribution in [0.3, 0.4) is 0 Å². The van der Waals surface area contributed by atoms with Gasteiger partial charge in [0.05, 0.1) is 5.69 Å². The number of nitrogens with zero attached hydrogens (tertiary/aromatic N) is 5. The van der Waals surface area contributed by atoms with E-state index in [0.29, 0.717) is 12.6 Å². The number of aromatic nitrogens is 5. The van der Waals surface area contributed by atoms with E-state index < -0.39 is 0 Å². The van der Waals surface area contributed by atoms with Crippen molar-refractivity contribution in [3.8, 4) is 0 Å². The minimum absolute atomic E-state index is 0.143. The molecule has 0 saturated heterocycles. The molecule has 2 heterocycles. The summed E-state index contributed by atoms with van der Waals surface area (Å²) in [5.41, 5.74) is 9.37. The van der Waals surface area contributed by atoms with Crippen molar-refractivity contribution in [3.63, 3.8) is 0 Å². The molecule has 0 radical (unpaired) electrons. The smallest absolute Gasteiger partial charge is 0.148 e. The van der Waals surface area contributed by atoms with Gasteiger partial charge < -0.3 is 5.73 Å². The quantitative estimate of drug-likeness (QED) is 0.900. The Kier molecular flexibility index (Phi) is 4.23. The van der Waals surface area contributed by atoms with Crippen LogP contribution in [-0.2, 0) is 13.0 Å². The molecule has 0 amide bonds. The Hall–Kier alpha value is -1.69. The third-order valence-corrected chi connectivity index (χ3v) is 3.49. The van der Waals surface area contributed by atoms with Crippen LogP contribution in [-0.4, -0.2) is 30.6 Å². The number of nitrogens with two attached hydrogens (primary N) is 1. The summed E-state index contributed by atoms with van der Waals surface area (Å²) in [5, 5.41) is 8.88. The Morgan fingerprint density at radius 1 is 1.25 bits per heavy atom. The molecule has 0 aliphatic carbocycles. The number of aryl methyl sites for hydroxylation is 1. The first-order chi connectivity index (χ1) is 9.40. The Labute approximate surface area is 120 Å². The lowest BCUT2D eigenvalue weighted by molar-refractivity contribution is 0.485. The van der Waals surface area contributed by atoms with Crippen LogP contribution in [0.5, 0.6) is 0 Å². The lowest BCUT2D eigenvalue weighted by Gasteiger charge is -2.10. The van der Waals surface area contributed by atoms with Crippen molar-refractivity contribution >= 4 is 0 Å². The first-order valence-corrected chi connectivity index (χ1v) is 7.07. The molecule has 1 unspecified atom stereocenters. The Bertz CT molecular complexity index is 578. The molecule has 20 heavy (non-hydrogen) atoms. The predicted molar refractivity (Wildman–Crippen MR) is 78.6 cm³/mol. The lowest BCUT2D eigenvalue weighted by atomic mass is 10.1. The van der Waals surface area contributed by atoms with Gasteiger partial charge in [0, 0.05) is 17.8 Å². The van der Waals surface area contributed by atoms with Crippen molar-refractivity contribution in [2.75, 3.05) is 0 Å². The Morgan fingerprint density at radius 2 is 1.95 bits per heavy atom. The van der Waals surface area contributed by atoms with E-state index in [9.17, 15) is 0 Å². The first kappa shape index (κ1) is 14.7. The first-order valence-electron chi connectivity index (χ1n) is 7.07. The molecule has 0 saturated carbocycles. The van der Waals surface area contributed by atoms with Crippen LogP contribution in [0.4, 0.5) is 0 Å². The topological polar surface area (TPSA) is 74.5 Å². The summed E-state index contributed by atoms with van der Waals surface area (Å²) in [4.78, 5) is 4.34. The molecule has 6 nitrogen and oxygen atoms in total. The molecule has 1 atom stereocenters. The third-order valence-electron chi connectivity index (χ3n) is 3.49. The van der Waals surface area contributed by atoms with Crippen molar-refractivity contribution in [1.82, 2.24) is 24.5 Å². The average molecular weight is 276 g/mol. The number of rotatable bonds is 5. The molecule has 2 rings (SSSR count). The Morgan fingerprint density at radius 3 is 2.55 bits per heavy atom. The van der Waals surface area contributed by atoms with Gasteiger partial charge in [-0.3, -0.25) is 4.68 Å². The Balaban J connectivity index is 2.28. The highest BCUT2D eigenvalue weighted by Gasteiger charge is 2.15. The molecule has 0 aliphatic heterocycles. The van der Waals surface area contributed by atoms with Crippen LogP contribution < -0.4 is 5.73 Å². The SMILES string of the molecule is Cc1nn(Cc2ncnn2C(C)C)c(C)c1CC(C)N. The summed E-state index contributed by atoms with van der Waals surface area (Å²) in [6.07, 6.45) is 2.46. The second kappa shape index (κ2) is 5.75. The van der Waals surface area contributed by atoms with Gasteiger partial charge in [0.2, 0.25) is 0 Å². The molecule has 2 aromatic heterocycles. The molecule has 0 aromatic carbocycles. The van der Waals surface area contributed by atoms with Gasteiger partial charge in [-0.05, 0) is 46.6 Å². The fourth-order valence-corrected chi connectivity index (χ4v) is 2.46. The van der Waals surface area contributed by atoms with E-state index in [4.69, 9.17) is 5.73 Å². The zero-order valence-corrected chi connectivity index (χ0v) is 13.0. The molecule has 0 aliphatic rings. The molecule has 2 N–H and O–H groups in total. The maximum Gasteiger partial charge on any atom is 0.148 e. The van der Waals surface area contributed by atoms with Crippen LogP contribution >= 0.6 is 0 Å². The lowest BCUT2D eigenvalue weighted by Crippen LogP contribution is -2.19. The van der Waals surface area contributed by atoms with Crippen LogP contribution in [0, 0.1) is 13.8 Å². The van der Waals surface area contributed by atoms with Crippen molar-refractivity contribution in [3.05, 3.63) is 29.1 Å². The molecule has 0 bridgehead atoms. The van der Waals surface area contributed by atoms with Crippen molar-refractivity contribution in [1.29, 1.82) is 0 Å². The van der Waals surface area contributed by atoms with Crippen LogP contribution in [0.1, 0.15) is 49.6 Å². The molecular formula is C14H24N6. The largest absolute Gasteiger partial charge is 0.328 e. The van der Waals surface area contributed by atoms with E-state index in [2.05, 4.69) is 36.0 Å². The van der Waals surface area contributed by atoms with E-state index in [1.54, 1.807) is 6.33 Å². The van der Waals surface area contributed by atoms with E-state index >= 15 is 0 Å². The summed E-state index contributed by atoms with van der Waals surface area (Å²) >= 11 is 0. The molecular weight excluding hydrogens is 252 g/mol. The van der Waals surface area contributed by atoms with Gasteiger partial charge >= 0.3 is 0 Å². The highest BCUT2D eigenvalue weighted by molar-refractivity contribution is 5.25. The molecule has 6 heteroatoms. The van der Waals surface area contributed by atoms with Crippen molar-refractivity contribution in [2.24, 2.45) is 5.73 Å². The second-order valence-electron chi connectivity index (χ2n) is 5.70. The highest BCUT2D eigenvalue weighted by Crippen LogP contribution is 2.16. The van der Waals surface area contributed by atoms with Gasteiger partial charge in [-0.25, -0.2) is 9.67 Å². The van der Waals surface area contributed by atoms with Crippen molar-refractivity contribution in [2.45, 2.75) is 59.7 Å². The van der Waals surface area contributed by atoms with E-state index in [0.717, 1.165) is 23.6 Å². The number of hydrogen-bond acceptors (Lipinski definition) is 4. The molecule has 0 fully saturated rings. The monoisotopic (exact) mass is 276 g/mol. The summed E-state index contributed by atoms with van der Waals surface area (Å²) in [6, 6.07) is 0.442. The van der Waals surface area contributed by atoms with Crippen LogP contribution in [0.2, 0.25) is 0 Å². The summed E-state index contributed by atoms with van der Waals surface area (Å²) < 4.78 is 3.93.